The van der Waals surface area contributed by atoms with Crippen molar-refractivity contribution in [3.63, 3.8) is 0 Å². The highest BCUT2D eigenvalue weighted by molar-refractivity contribution is 9.10. The molecule has 1 fully saturated rings. The fourth-order valence-electron chi connectivity index (χ4n) is 2.09. The molecule has 0 saturated carbocycles. The molecule has 0 aromatic carbocycles. The molecule has 17 heavy (non-hydrogen) atoms. The van der Waals surface area contributed by atoms with Crippen LogP contribution in [0.5, 0.6) is 0 Å². The van der Waals surface area contributed by atoms with E-state index in [1.54, 1.807) is 4.90 Å². The summed E-state index contributed by atoms with van der Waals surface area (Å²) in [5.74, 6) is 0.458. The van der Waals surface area contributed by atoms with Gasteiger partial charge in [-0.3, -0.25) is 9.59 Å². The first-order chi connectivity index (χ1) is 8.08. The molecule has 1 aliphatic rings. The number of hydrogen-bond donors (Lipinski definition) is 0. The minimum absolute atomic E-state index is 0.148. The fourth-order valence-corrected chi connectivity index (χ4v) is 2.63. The van der Waals surface area contributed by atoms with Crippen LogP contribution in [0, 0.1) is 5.92 Å². The molecule has 0 bridgehead atoms. The first-order valence-corrected chi connectivity index (χ1v) is 6.99. The van der Waals surface area contributed by atoms with Crippen molar-refractivity contribution < 1.29 is 14.3 Å². The van der Waals surface area contributed by atoms with E-state index in [1.165, 1.54) is 7.11 Å². The van der Waals surface area contributed by atoms with Gasteiger partial charge in [-0.1, -0.05) is 29.3 Å². The Labute approximate surface area is 111 Å². The van der Waals surface area contributed by atoms with Crippen LogP contribution in [0.25, 0.3) is 0 Å². The molecule has 0 aliphatic carbocycles. The van der Waals surface area contributed by atoms with Crippen LogP contribution in [0.15, 0.2) is 0 Å². The number of amides is 1. The van der Waals surface area contributed by atoms with E-state index in [9.17, 15) is 9.59 Å². The molecule has 5 heteroatoms. The van der Waals surface area contributed by atoms with Gasteiger partial charge in [-0.25, -0.2) is 0 Å². The first-order valence-electron chi connectivity index (χ1n) is 6.08. The number of rotatable bonds is 4. The van der Waals surface area contributed by atoms with E-state index in [1.807, 2.05) is 0 Å². The molecule has 0 radical (unpaired) electrons. The minimum atomic E-state index is -0.422. The van der Waals surface area contributed by atoms with Gasteiger partial charge in [-0.2, -0.15) is 0 Å². The Morgan fingerprint density at radius 1 is 1.59 bits per heavy atom. The second-order valence-electron chi connectivity index (χ2n) is 4.43. The normalized spacial score (nSPS) is 23.1. The van der Waals surface area contributed by atoms with E-state index in [2.05, 4.69) is 27.6 Å². The molecule has 1 aliphatic heterocycles. The molecule has 2 unspecified atom stereocenters. The Bertz CT molecular complexity index is 283. The van der Waals surface area contributed by atoms with Crippen LogP contribution in [0.1, 0.15) is 32.6 Å². The van der Waals surface area contributed by atoms with Crippen LogP contribution in [0.4, 0.5) is 0 Å². The molecule has 1 rings (SSSR count). The Morgan fingerprint density at radius 3 is 2.88 bits per heavy atom. The highest BCUT2D eigenvalue weighted by atomic mass is 79.9. The van der Waals surface area contributed by atoms with Crippen molar-refractivity contribution in [2.45, 2.75) is 37.4 Å². The van der Waals surface area contributed by atoms with Gasteiger partial charge in [0.2, 0.25) is 5.91 Å². The standard InChI is InChI=1S/C12H20BrNO3/c1-3-9-4-5-11(15)14(7-6-9)8-10(13)12(16)17-2/h9-10H,3-8H2,1-2H3. The zero-order valence-corrected chi connectivity index (χ0v) is 12.0. The van der Waals surface area contributed by atoms with Crippen LogP contribution < -0.4 is 0 Å². The lowest BCUT2D eigenvalue weighted by Crippen LogP contribution is -2.38. The Hall–Kier alpha value is -0.580. The van der Waals surface area contributed by atoms with Crippen LogP contribution in [-0.4, -0.2) is 41.8 Å². The van der Waals surface area contributed by atoms with Crippen LogP contribution in [0.3, 0.4) is 0 Å². The summed E-state index contributed by atoms with van der Waals surface area (Å²) < 4.78 is 4.64. The molecular formula is C12H20BrNO3. The summed E-state index contributed by atoms with van der Waals surface area (Å²) in [7, 11) is 1.36. The molecule has 1 heterocycles. The largest absolute Gasteiger partial charge is 0.468 e. The van der Waals surface area contributed by atoms with Crippen molar-refractivity contribution in [2.75, 3.05) is 20.2 Å². The summed E-state index contributed by atoms with van der Waals surface area (Å²) in [6, 6.07) is 0. The van der Waals surface area contributed by atoms with E-state index >= 15 is 0 Å². The third-order valence-electron chi connectivity index (χ3n) is 3.34. The van der Waals surface area contributed by atoms with E-state index in [-0.39, 0.29) is 11.9 Å². The number of carbonyl (C=O) groups is 2. The van der Waals surface area contributed by atoms with Gasteiger partial charge in [0.05, 0.1) is 7.11 Å². The topological polar surface area (TPSA) is 46.6 Å². The number of methoxy groups -OCH3 is 1. The third kappa shape index (κ3) is 4.30. The third-order valence-corrected chi connectivity index (χ3v) is 4.00. The molecular weight excluding hydrogens is 286 g/mol. The van der Waals surface area contributed by atoms with Gasteiger partial charge >= 0.3 is 5.97 Å². The van der Waals surface area contributed by atoms with E-state index in [4.69, 9.17) is 0 Å². The lowest BCUT2D eigenvalue weighted by molar-refractivity contribution is -0.140. The van der Waals surface area contributed by atoms with Gasteiger partial charge in [0.25, 0.3) is 0 Å². The second kappa shape index (κ2) is 6.99. The summed E-state index contributed by atoms with van der Waals surface area (Å²) in [4.78, 5) is 24.5. The van der Waals surface area contributed by atoms with E-state index < -0.39 is 4.83 Å². The van der Waals surface area contributed by atoms with E-state index in [0.717, 1.165) is 25.8 Å². The number of alkyl halides is 1. The fraction of sp³-hybridized carbons (Fsp3) is 0.833. The predicted octanol–water partition coefficient (Wildman–Crippen LogP) is 1.96. The first kappa shape index (κ1) is 14.5. The van der Waals surface area contributed by atoms with Crippen molar-refractivity contribution in [3.05, 3.63) is 0 Å². The molecule has 0 aromatic heterocycles. The highest BCUT2D eigenvalue weighted by Gasteiger charge is 2.26. The summed E-state index contributed by atoms with van der Waals surface area (Å²) in [5.41, 5.74) is 0. The molecule has 0 aromatic rings. The minimum Gasteiger partial charge on any atom is -0.468 e. The van der Waals surface area contributed by atoms with Crippen molar-refractivity contribution in [1.82, 2.24) is 4.90 Å². The molecule has 1 saturated heterocycles. The number of esters is 1. The molecule has 0 spiro atoms. The van der Waals surface area contributed by atoms with Crippen molar-refractivity contribution in [3.8, 4) is 0 Å². The number of ether oxygens (including phenoxy) is 1. The number of likely N-dealkylation sites (tertiary alicyclic amines) is 1. The maximum atomic E-state index is 11.9. The Kier molecular flexibility index (Phi) is 5.95. The molecule has 4 nitrogen and oxygen atoms in total. The lowest BCUT2D eigenvalue weighted by atomic mass is 9.98. The van der Waals surface area contributed by atoms with Crippen molar-refractivity contribution in [1.29, 1.82) is 0 Å². The highest BCUT2D eigenvalue weighted by Crippen LogP contribution is 2.21. The average molecular weight is 306 g/mol. The van der Waals surface area contributed by atoms with Crippen molar-refractivity contribution >= 4 is 27.8 Å². The second-order valence-corrected chi connectivity index (χ2v) is 5.54. The number of nitrogens with zero attached hydrogens (tertiary/aromatic N) is 1. The molecule has 2 atom stereocenters. The maximum absolute atomic E-state index is 11.9. The monoisotopic (exact) mass is 305 g/mol. The van der Waals surface area contributed by atoms with Gasteiger partial charge in [-0.05, 0) is 18.8 Å². The SMILES string of the molecule is CCC1CCC(=O)N(CC(Br)C(=O)OC)CC1. The van der Waals surface area contributed by atoms with Gasteiger partial charge in [0.1, 0.15) is 4.83 Å². The molecule has 0 N–H and O–H groups in total. The van der Waals surface area contributed by atoms with Crippen molar-refractivity contribution in [2.24, 2.45) is 5.92 Å². The average Bonchev–Trinajstić information content (AvgIpc) is 2.51. The Morgan fingerprint density at radius 2 is 2.29 bits per heavy atom. The van der Waals surface area contributed by atoms with Gasteiger partial charge < -0.3 is 9.64 Å². The number of carbonyl (C=O) groups excluding carboxylic acids is 2. The predicted molar refractivity (Wildman–Crippen MR) is 68.9 cm³/mol. The van der Waals surface area contributed by atoms with E-state index in [0.29, 0.717) is 18.9 Å². The van der Waals surface area contributed by atoms with Crippen LogP contribution in [0.2, 0.25) is 0 Å². The lowest BCUT2D eigenvalue weighted by Gasteiger charge is -2.22. The van der Waals surface area contributed by atoms with Gasteiger partial charge in [0.15, 0.2) is 0 Å². The number of hydrogen-bond acceptors (Lipinski definition) is 3. The maximum Gasteiger partial charge on any atom is 0.321 e. The summed E-state index contributed by atoms with van der Waals surface area (Å²) in [6.45, 7) is 3.31. The van der Waals surface area contributed by atoms with Gasteiger partial charge in [-0.15, -0.1) is 0 Å². The van der Waals surface area contributed by atoms with Gasteiger partial charge in [0, 0.05) is 19.5 Å². The number of halogens is 1. The summed E-state index contributed by atoms with van der Waals surface area (Å²) >= 11 is 3.26. The van der Waals surface area contributed by atoms with Crippen LogP contribution >= 0.6 is 15.9 Å². The Balaban J connectivity index is 2.52. The zero-order valence-electron chi connectivity index (χ0n) is 10.4. The summed E-state index contributed by atoms with van der Waals surface area (Å²) in [5, 5.41) is 0. The zero-order chi connectivity index (χ0) is 12.8. The smallest absolute Gasteiger partial charge is 0.321 e. The summed E-state index contributed by atoms with van der Waals surface area (Å²) in [6.07, 6.45) is 3.72. The van der Waals surface area contributed by atoms with Crippen LogP contribution in [-0.2, 0) is 14.3 Å². The molecule has 1 amide bonds. The quantitative estimate of drug-likeness (QED) is 0.589. The molecule has 98 valence electrons.